The Morgan fingerprint density at radius 2 is 1.10 bits per heavy atom. The third-order valence-corrected chi connectivity index (χ3v) is 5.40. The van der Waals surface area contributed by atoms with Crippen molar-refractivity contribution in [2.75, 3.05) is 20.3 Å². The number of carbonyl (C=O) groups excluding carboxylic acids is 1. The Bertz CT molecular complexity index is 352. The average molecular weight is 411 g/mol. The molecule has 172 valence electrons. The van der Waals surface area contributed by atoms with Crippen LogP contribution < -0.4 is 0 Å². The van der Waals surface area contributed by atoms with Crippen molar-refractivity contribution in [1.29, 1.82) is 0 Å². The van der Waals surface area contributed by atoms with Crippen LogP contribution in [0.2, 0.25) is 0 Å². The van der Waals surface area contributed by atoms with Gasteiger partial charge >= 0.3 is 5.97 Å². The first-order valence-electron chi connectivity index (χ1n) is 12.6. The summed E-state index contributed by atoms with van der Waals surface area (Å²) in [5.74, 6) is -0.0536. The van der Waals surface area contributed by atoms with Crippen molar-refractivity contribution in [1.82, 2.24) is 0 Å². The number of ether oxygens (including phenoxy) is 2. The summed E-state index contributed by atoms with van der Waals surface area (Å²) in [6.45, 7) is 3.42. The van der Waals surface area contributed by atoms with Crippen LogP contribution in [0.4, 0.5) is 0 Å². The highest BCUT2D eigenvalue weighted by Crippen LogP contribution is 2.12. The molecule has 0 fully saturated rings. The largest absolute Gasteiger partial charge is 0.466 e. The molecule has 0 bridgehead atoms. The van der Waals surface area contributed by atoms with Gasteiger partial charge in [0, 0.05) is 26.6 Å². The molecule has 0 aliphatic rings. The lowest BCUT2D eigenvalue weighted by molar-refractivity contribution is -0.144. The molecule has 0 rings (SSSR count). The van der Waals surface area contributed by atoms with Gasteiger partial charge in [-0.25, -0.2) is 0 Å². The SMILES string of the molecule is CCCCCCCCC=CCCCCCCCCCCCC(=O)OCCCOC. The number of rotatable bonds is 23. The lowest BCUT2D eigenvalue weighted by Gasteiger charge is -2.04. The van der Waals surface area contributed by atoms with Crippen molar-refractivity contribution < 1.29 is 14.3 Å². The Morgan fingerprint density at radius 3 is 1.62 bits per heavy atom. The normalized spacial score (nSPS) is 11.4. The van der Waals surface area contributed by atoms with Crippen LogP contribution in [0.15, 0.2) is 12.2 Å². The minimum absolute atomic E-state index is 0.0536. The second kappa shape index (κ2) is 25.2. The monoisotopic (exact) mass is 410 g/mol. The number of esters is 1. The van der Waals surface area contributed by atoms with Gasteiger partial charge in [-0.05, 0) is 32.1 Å². The van der Waals surface area contributed by atoms with Crippen molar-refractivity contribution in [3.8, 4) is 0 Å². The summed E-state index contributed by atoms with van der Waals surface area (Å²) >= 11 is 0. The molecule has 0 N–H and O–H groups in total. The molecule has 3 heteroatoms. The van der Waals surface area contributed by atoms with Crippen LogP contribution in [0.1, 0.15) is 129 Å². The van der Waals surface area contributed by atoms with Gasteiger partial charge in [0.25, 0.3) is 0 Å². The molecule has 0 saturated heterocycles. The molecular formula is C26H50O3. The first-order chi connectivity index (χ1) is 14.3. The number of allylic oxidation sites excluding steroid dienone is 2. The Hall–Kier alpha value is -0.830. The van der Waals surface area contributed by atoms with Gasteiger partial charge in [-0.2, -0.15) is 0 Å². The van der Waals surface area contributed by atoms with E-state index in [0.29, 0.717) is 19.6 Å². The van der Waals surface area contributed by atoms with E-state index in [2.05, 4.69) is 19.1 Å². The number of hydrogen-bond acceptors (Lipinski definition) is 3. The smallest absolute Gasteiger partial charge is 0.305 e. The zero-order chi connectivity index (χ0) is 21.3. The number of hydrogen-bond donors (Lipinski definition) is 0. The lowest BCUT2D eigenvalue weighted by Crippen LogP contribution is -2.07. The van der Waals surface area contributed by atoms with Gasteiger partial charge < -0.3 is 9.47 Å². The van der Waals surface area contributed by atoms with Gasteiger partial charge in [-0.3, -0.25) is 4.79 Å². The summed E-state index contributed by atoms with van der Waals surface area (Å²) in [5, 5.41) is 0. The highest BCUT2D eigenvalue weighted by molar-refractivity contribution is 5.69. The van der Waals surface area contributed by atoms with Gasteiger partial charge in [0.2, 0.25) is 0 Å². The second-order valence-corrected chi connectivity index (χ2v) is 8.32. The lowest BCUT2D eigenvalue weighted by atomic mass is 10.1. The van der Waals surface area contributed by atoms with E-state index >= 15 is 0 Å². The van der Waals surface area contributed by atoms with E-state index in [1.165, 1.54) is 96.3 Å². The Kier molecular flexibility index (Phi) is 24.5. The summed E-state index contributed by atoms with van der Waals surface area (Å²) in [4.78, 5) is 11.5. The van der Waals surface area contributed by atoms with E-state index in [1.54, 1.807) is 7.11 Å². The molecule has 0 aromatic rings. The molecule has 0 aliphatic heterocycles. The molecule has 0 aromatic carbocycles. The first-order valence-corrected chi connectivity index (χ1v) is 12.6. The summed E-state index contributed by atoms with van der Waals surface area (Å²) in [7, 11) is 1.66. The Balaban J connectivity index is 3.14. The van der Waals surface area contributed by atoms with E-state index in [-0.39, 0.29) is 5.97 Å². The predicted octanol–water partition coefficient (Wildman–Crippen LogP) is 8.16. The maximum atomic E-state index is 11.5. The van der Waals surface area contributed by atoms with Crippen LogP contribution >= 0.6 is 0 Å². The molecule has 0 atom stereocenters. The molecule has 0 aromatic heterocycles. The van der Waals surface area contributed by atoms with Gasteiger partial charge in [0.1, 0.15) is 0 Å². The summed E-state index contributed by atoms with van der Waals surface area (Å²) in [5.41, 5.74) is 0. The van der Waals surface area contributed by atoms with E-state index in [4.69, 9.17) is 9.47 Å². The Labute approximate surface area is 182 Å². The summed E-state index contributed by atoms with van der Waals surface area (Å²) in [6, 6.07) is 0. The Morgan fingerprint density at radius 1 is 0.621 bits per heavy atom. The fourth-order valence-corrected chi connectivity index (χ4v) is 3.51. The van der Waals surface area contributed by atoms with Crippen LogP contribution in [-0.4, -0.2) is 26.3 Å². The van der Waals surface area contributed by atoms with Crippen LogP contribution in [0, 0.1) is 0 Å². The zero-order valence-corrected chi connectivity index (χ0v) is 19.7. The van der Waals surface area contributed by atoms with E-state index in [1.807, 2.05) is 0 Å². The topological polar surface area (TPSA) is 35.5 Å². The minimum Gasteiger partial charge on any atom is -0.466 e. The second-order valence-electron chi connectivity index (χ2n) is 8.32. The third-order valence-electron chi connectivity index (χ3n) is 5.40. The maximum Gasteiger partial charge on any atom is 0.305 e. The van der Waals surface area contributed by atoms with Crippen LogP contribution in [-0.2, 0) is 14.3 Å². The first kappa shape index (κ1) is 28.2. The highest BCUT2D eigenvalue weighted by Gasteiger charge is 2.02. The average Bonchev–Trinajstić information content (AvgIpc) is 2.73. The van der Waals surface area contributed by atoms with Crippen molar-refractivity contribution in [2.45, 2.75) is 129 Å². The minimum atomic E-state index is -0.0536. The maximum absolute atomic E-state index is 11.5. The molecule has 0 radical (unpaired) electrons. The van der Waals surface area contributed by atoms with Crippen LogP contribution in [0.3, 0.4) is 0 Å². The van der Waals surface area contributed by atoms with Crippen molar-refractivity contribution in [3.63, 3.8) is 0 Å². The molecule has 0 spiro atoms. The molecule has 0 amide bonds. The van der Waals surface area contributed by atoms with E-state index in [9.17, 15) is 4.79 Å². The van der Waals surface area contributed by atoms with Crippen LogP contribution in [0.5, 0.6) is 0 Å². The van der Waals surface area contributed by atoms with E-state index in [0.717, 1.165) is 19.3 Å². The van der Waals surface area contributed by atoms with Gasteiger partial charge in [-0.1, -0.05) is 96.1 Å². The molecular weight excluding hydrogens is 360 g/mol. The molecule has 0 heterocycles. The third kappa shape index (κ3) is 25.1. The molecule has 0 saturated carbocycles. The summed E-state index contributed by atoms with van der Waals surface area (Å²) < 4.78 is 10.1. The van der Waals surface area contributed by atoms with Gasteiger partial charge in [0.05, 0.1) is 6.61 Å². The van der Waals surface area contributed by atoms with Crippen LogP contribution in [0.25, 0.3) is 0 Å². The fraction of sp³-hybridized carbons (Fsp3) is 0.885. The molecule has 3 nitrogen and oxygen atoms in total. The zero-order valence-electron chi connectivity index (χ0n) is 19.7. The quantitative estimate of drug-likeness (QED) is 0.0968. The number of unbranched alkanes of at least 4 members (excludes halogenated alkanes) is 15. The van der Waals surface area contributed by atoms with Crippen molar-refractivity contribution in [3.05, 3.63) is 12.2 Å². The van der Waals surface area contributed by atoms with Crippen molar-refractivity contribution in [2.24, 2.45) is 0 Å². The van der Waals surface area contributed by atoms with Gasteiger partial charge in [0.15, 0.2) is 0 Å². The fourth-order valence-electron chi connectivity index (χ4n) is 3.51. The predicted molar refractivity (Wildman–Crippen MR) is 125 cm³/mol. The van der Waals surface area contributed by atoms with Gasteiger partial charge in [-0.15, -0.1) is 0 Å². The standard InChI is InChI=1S/C26H50O3/c1-3-4-5-6-7-8-9-10-11-12-13-14-15-16-17-18-19-20-21-23-26(27)29-25-22-24-28-2/h10-11H,3-9,12-25H2,1-2H3. The molecule has 29 heavy (non-hydrogen) atoms. The highest BCUT2D eigenvalue weighted by atomic mass is 16.5. The number of methoxy groups -OCH3 is 1. The van der Waals surface area contributed by atoms with Crippen molar-refractivity contribution >= 4 is 5.97 Å². The van der Waals surface area contributed by atoms with E-state index < -0.39 is 0 Å². The molecule has 0 aliphatic carbocycles. The molecule has 0 unspecified atom stereocenters. The summed E-state index contributed by atoms with van der Waals surface area (Å²) in [6.07, 6.45) is 28.5. The number of carbonyl (C=O) groups is 1.